The molecule has 2 aromatic carbocycles. The van der Waals surface area contributed by atoms with Crippen molar-refractivity contribution in [1.82, 2.24) is 0 Å². The minimum absolute atomic E-state index is 0.00607. The summed E-state index contributed by atoms with van der Waals surface area (Å²) in [5, 5.41) is 23.1. The van der Waals surface area contributed by atoms with Crippen LogP contribution in [0.1, 0.15) is 62.5 Å². The number of ether oxygens (including phenoxy) is 1. The molecule has 3 aliphatic carbocycles. The number of phenols is 1. The molecule has 232 valence electrons. The first-order valence-corrected chi connectivity index (χ1v) is 14.9. The number of hydrogen-bond donors (Lipinski definition) is 2. The van der Waals surface area contributed by atoms with E-state index >= 15 is 0 Å². The van der Waals surface area contributed by atoms with Gasteiger partial charge in [0.25, 0.3) is 0 Å². The topological polar surface area (TPSA) is 152 Å². The van der Waals surface area contributed by atoms with Gasteiger partial charge in [-0.2, -0.15) is 0 Å². The van der Waals surface area contributed by atoms with Crippen LogP contribution in [0.25, 0.3) is 11.1 Å². The Labute approximate surface area is 256 Å². The van der Waals surface area contributed by atoms with E-state index in [1.807, 2.05) is 12.1 Å². The van der Waals surface area contributed by atoms with Gasteiger partial charge in [-0.3, -0.25) is 28.8 Å². The first kappa shape index (κ1) is 31.6. The number of benzene rings is 2. The van der Waals surface area contributed by atoms with Gasteiger partial charge in [0.15, 0.2) is 34.5 Å². The van der Waals surface area contributed by atoms with Crippen LogP contribution in [0.3, 0.4) is 0 Å². The van der Waals surface area contributed by atoms with Crippen LogP contribution in [0.15, 0.2) is 36.4 Å². The number of hydrogen-bond acceptors (Lipinski definition) is 9. The monoisotopic (exact) mass is 602 g/mol. The molecule has 0 heterocycles. The lowest BCUT2D eigenvalue weighted by molar-refractivity contribution is -0.205. The standard InChI is InChI=1S/C35H38O9/c1-17(2)27-29(39)25(18(3)36)31(41)35(43)32(42)28-30(40)26-23(14-33(28,4)16-34(27,35)5)22(11-12-24(26)38)20-9-7-19(8-10-20)13-21(37)15-44-6/h7-12,17,25,27-28,38,43H,13-16H2,1-6H3/t25?,27?,28?,33-,34-,35+/m1/s1. The van der Waals surface area contributed by atoms with Gasteiger partial charge in [-0.15, -0.1) is 0 Å². The molecule has 3 aliphatic rings. The maximum absolute atomic E-state index is 14.4. The third-order valence-corrected chi connectivity index (χ3v) is 10.2. The normalized spacial score (nSPS) is 31.4. The Morgan fingerprint density at radius 3 is 2.20 bits per heavy atom. The lowest BCUT2D eigenvalue weighted by Crippen LogP contribution is -2.76. The maximum Gasteiger partial charge on any atom is 0.190 e. The second-order valence-corrected chi connectivity index (χ2v) is 13.7. The molecule has 2 aromatic rings. The van der Waals surface area contributed by atoms with Crippen LogP contribution >= 0.6 is 0 Å². The van der Waals surface area contributed by atoms with Crippen molar-refractivity contribution in [2.75, 3.05) is 13.7 Å². The van der Waals surface area contributed by atoms with E-state index in [2.05, 4.69) is 0 Å². The Morgan fingerprint density at radius 1 is 1.00 bits per heavy atom. The maximum atomic E-state index is 14.4. The highest BCUT2D eigenvalue weighted by molar-refractivity contribution is 6.32. The highest BCUT2D eigenvalue weighted by Gasteiger charge is 2.76. The van der Waals surface area contributed by atoms with Gasteiger partial charge in [-0.05, 0) is 59.4 Å². The van der Waals surface area contributed by atoms with Gasteiger partial charge in [0.2, 0.25) is 0 Å². The first-order valence-electron chi connectivity index (χ1n) is 14.9. The average Bonchev–Trinajstić information content (AvgIpc) is 2.91. The van der Waals surface area contributed by atoms with Gasteiger partial charge in [0, 0.05) is 24.9 Å². The van der Waals surface area contributed by atoms with Crippen molar-refractivity contribution in [3.05, 3.63) is 53.1 Å². The molecule has 0 aliphatic heterocycles. The van der Waals surface area contributed by atoms with E-state index < -0.39 is 69.0 Å². The third kappa shape index (κ3) is 4.35. The van der Waals surface area contributed by atoms with E-state index in [9.17, 15) is 39.0 Å². The van der Waals surface area contributed by atoms with Gasteiger partial charge < -0.3 is 14.9 Å². The van der Waals surface area contributed by atoms with E-state index in [0.29, 0.717) is 11.1 Å². The van der Waals surface area contributed by atoms with Crippen molar-refractivity contribution >= 4 is 34.7 Å². The van der Waals surface area contributed by atoms with Crippen molar-refractivity contribution in [3.63, 3.8) is 0 Å². The van der Waals surface area contributed by atoms with Crippen LogP contribution in [0.5, 0.6) is 5.75 Å². The van der Waals surface area contributed by atoms with Gasteiger partial charge in [0.05, 0.1) is 11.5 Å². The molecule has 0 saturated heterocycles. The third-order valence-electron chi connectivity index (χ3n) is 10.2. The van der Waals surface area contributed by atoms with E-state index in [4.69, 9.17) is 4.74 Å². The van der Waals surface area contributed by atoms with E-state index in [0.717, 1.165) is 18.1 Å². The fourth-order valence-corrected chi connectivity index (χ4v) is 8.65. The summed E-state index contributed by atoms with van der Waals surface area (Å²) in [4.78, 5) is 80.7. The second kappa shape index (κ2) is 10.7. The molecule has 2 N–H and O–H groups in total. The van der Waals surface area contributed by atoms with Crippen LogP contribution in [0, 0.1) is 34.5 Å². The molecule has 0 bridgehead atoms. The zero-order chi connectivity index (χ0) is 32.5. The smallest absolute Gasteiger partial charge is 0.190 e. The number of aliphatic hydroxyl groups is 1. The number of rotatable bonds is 7. The van der Waals surface area contributed by atoms with Crippen molar-refractivity contribution in [1.29, 1.82) is 0 Å². The van der Waals surface area contributed by atoms with Crippen LogP contribution in [0.4, 0.5) is 0 Å². The number of methoxy groups -OCH3 is 1. The van der Waals surface area contributed by atoms with Gasteiger partial charge in [-0.1, -0.05) is 58.0 Å². The lowest BCUT2D eigenvalue weighted by atomic mass is 9.40. The Hall–Kier alpha value is -3.82. The Kier molecular flexibility index (Phi) is 7.66. The molecule has 0 aromatic heterocycles. The van der Waals surface area contributed by atoms with Crippen LogP contribution in [-0.2, 0) is 41.6 Å². The van der Waals surface area contributed by atoms with Gasteiger partial charge >= 0.3 is 0 Å². The number of carbonyl (C=O) groups is 6. The molecule has 3 unspecified atom stereocenters. The van der Waals surface area contributed by atoms with Gasteiger partial charge in [0.1, 0.15) is 24.1 Å². The number of Topliss-reactive ketones (excluding diaryl/α,β-unsaturated/α-hetero) is 6. The second-order valence-electron chi connectivity index (χ2n) is 13.7. The number of phenolic OH excluding ortho intramolecular Hbond substituents is 1. The minimum Gasteiger partial charge on any atom is -0.507 e. The molecular formula is C35H38O9. The predicted octanol–water partition coefficient (Wildman–Crippen LogP) is 3.52. The van der Waals surface area contributed by atoms with E-state index in [1.54, 1.807) is 45.9 Å². The quantitative estimate of drug-likeness (QED) is 0.454. The summed E-state index contributed by atoms with van der Waals surface area (Å²) in [5.74, 6) is -9.31. The van der Waals surface area contributed by atoms with E-state index in [-0.39, 0.29) is 43.0 Å². The molecule has 9 heteroatoms. The Balaban J connectivity index is 1.64. The molecule has 2 saturated carbocycles. The summed E-state index contributed by atoms with van der Waals surface area (Å²) in [6, 6.07) is 10.3. The number of ketones is 6. The van der Waals surface area contributed by atoms with Crippen molar-refractivity contribution in [2.45, 2.75) is 59.5 Å². The number of aromatic hydroxyl groups is 1. The molecule has 6 atom stereocenters. The largest absolute Gasteiger partial charge is 0.507 e. The fourth-order valence-electron chi connectivity index (χ4n) is 8.65. The van der Waals surface area contributed by atoms with Crippen LogP contribution in [-0.4, -0.2) is 64.2 Å². The molecule has 9 nitrogen and oxygen atoms in total. The highest BCUT2D eigenvalue weighted by Crippen LogP contribution is 2.64. The summed E-state index contributed by atoms with van der Waals surface area (Å²) in [5.41, 5.74) is -2.77. The molecule has 0 spiro atoms. The zero-order valence-corrected chi connectivity index (χ0v) is 25.9. The molecule has 5 rings (SSSR count). The molecule has 0 radical (unpaired) electrons. The van der Waals surface area contributed by atoms with Crippen molar-refractivity contribution in [3.8, 4) is 16.9 Å². The molecule has 0 amide bonds. The Morgan fingerprint density at radius 2 is 1.64 bits per heavy atom. The molecular weight excluding hydrogens is 564 g/mol. The van der Waals surface area contributed by atoms with Crippen molar-refractivity contribution in [2.24, 2.45) is 34.5 Å². The summed E-state index contributed by atoms with van der Waals surface area (Å²) in [6.07, 6.45) is 0.332. The fraction of sp³-hybridized carbons (Fsp3) is 0.486. The molecule has 2 fully saturated rings. The van der Waals surface area contributed by atoms with Crippen molar-refractivity contribution < 1.29 is 43.7 Å². The predicted molar refractivity (Wildman–Crippen MR) is 159 cm³/mol. The minimum atomic E-state index is -2.73. The van der Waals surface area contributed by atoms with Crippen LogP contribution < -0.4 is 0 Å². The Bertz CT molecular complexity index is 1620. The van der Waals surface area contributed by atoms with Crippen LogP contribution in [0.2, 0.25) is 0 Å². The first-order chi connectivity index (χ1) is 20.5. The lowest BCUT2D eigenvalue weighted by Gasteiger charge is -2.61. The number of carbonyl (C=O) groups excluding carboxylic acids is 6. The summed E-state index contributed by atoms with van der Waals surface area (Å²) in [7, 11) is 1.46. The SMILES string of the molecule is COCC(=O)Cc1ccc(-c2ccc(O)c3c2C[C@]2(C)C[C@]4(C)C(C(C)C)C(=O)C(C(C)=O)C(=O)[C@]4(O)C(=O)C2C3=O)cc1. The van der Waals surface area contributed by atoms with E-state index in [1.165, 1.54) is 13.2 Å². The summed E-state index contributed by atoms with van der Waals surface area (Å²) in [6.45, 7) is 7.91. The summed E-state index contributed by atoms with van der Waals surface area (Å²) < 4.78 is 4.91. The van der Waals surface area contributed by atoms with Gasteiger partial charge in [-0.25, -0.2) is 0 Å². The average molecular weight is 603 g/mol. The zero-order valence-electron chi connectivity index (χ0n) is 25.9. The summed E-state index contributed by atoms with van der Waals surface area (Å²) >= 11 is 0. The molecule has 44 heavy (non-hydrogen) atoms. The highest BCUT2D eigenvalue weighted by atomic mass is 16.5. The number of fused-ring (bicyclic) bond motifs is 3.